The molecule has 0 aliphatic carbocycles. The third kappa shape index (κ3) is 12.7. The monoisotopic (exact) mass is 862 g/mol. The maximum atomic E-state index is 13.1. The van der Waals surface area contributed by atoms with E-state index < -0.39 is 0 Å². The van der Waals surface area contributed by atoms with Gasteiger partial charge in [0.15, 0.2) is 10.3 Å². The van der Waals surface area contributed by atoms with E-state index in [2.05, 4.69) is 46.5 Å². The number of carbonyl (C=O) groups excluding carboxylic acids is 1. The lowest BCUT2D eigenvalue weighted by Gasteiger charge is -2.23. The van der Waals surface area contributed by atoms with Crippen molar-refractivity contribution in [2.24, 2.45) is 0 Å². The molecule has 0 fully saturated rings. The summed E-state index contributed by atoms with van der Waals surface area (Å²) in [4.78, 5) is 32.4. The Morgan fingerprint density at radius 3 is 1.25 bits per heavy atom. The molecule has 6 rings (SSSR count). The Morgan fingerprint density at radius 2 is 0.902 bits per heavy atom. The number of urea groups is 1. The van der Waals surface area contributed by atoms with E-state index >= 15 is 0 Å². The predicted octanol–water partition coefficient (Wildman–Crippen LogP) is 11.5. The largest absolute Gasteiger partial charge is 0.497 e. The molecule has 0 saturated carbocycles. The highest BCUT2D eigenvalue weighted by Crippen LogP contribution is 2.36. The van der Waals surface area contributed by atoms with Crippen LogP contribution in [0, 0.1) is 0 Å². The molecule has 2 amide bonds. The number of nitrogens with zero attached hydrogens (tertiary/aromatic N) is 3. The van der Waals surface area contributed by atoms with E-state index in [4.69, 9.17) is 28.9 Å². The Bertz CT molecular complexity index is 1950. The van der Waals surface area contributed by atoms with Crippen LogP contribution in [0.5, 0.6) is 23.0 Å². The number of aromatic nitrogens is 4. The molecule has 0 saturated heterocycles. The van der Waals surface area contributed by atoms with Crippen molar-refractivity contribution in [3.05, 3.63) is 97.1 Å². The summed E-state index contributed by atoms with van der Waals surface area (Å²) in [6.45, 7) is 4.25. The number of unbranched alkanes of at least 4 members (excludes halogenated alkanes) is 4. The summed E-state index contributed by atoms with van der Waals surface area (Å²) in [5.74, 6) is 5.09. The number of ether oxygens (including phenoxy) is 4. The SMILES string of the molecule is CCCNC(=O)N(CCCCCSc1nc(-c2ccc(OC)cc2)c(-c2ccc(OC)cc2)[nH]1)CCCCCSc1nc(-c2ccc(OC)cc2)c(-c2ccc(OC)cc2)[nH]1. The lowest BCUT2D eigenvalue weighted by atomic mass is 10.0. The van der Waals surface area contributed by atoms with Crippen molar-refractivity contribution in [1.82, 2.24) is 30.2 Å². The fraction of sp³-hybridized carbons (Fsp3) is 0.354. The Morgan fingerprint density at radius 1 is 0.541 bits per heavy atom. The second kappa shape index (κ2) is 23.5. The molecule has 0 atom stereocenters. The van der Waals surface area contributed by atoms with Gasteiger partial charge in [-0.3, -0.25) is 0 Å². The number of hydrogen-bond donors (Lipinski definition) is 3. The molecule has 0 bridgehead atoms. The zero-order chi connectivity index (χ0) is 42.8. The number of nitrogens with one attached hydrogen (secondary N) is 3. The summed E-state index contributed by atoms with van der Waals surface area (Å²) >= 11 is 3.46. The summed E-state index contributed by atoms with van der Waals surface area (Å²) in [5.41, 5.74) is 7.88. The van der Waals surface area contributed by atoms with Crippen LogP contribution >= 0.6 is 23.5 Å². The molecular weight excluding hydrogens is 805 g/mol. The highest BCUT2D eigenvalue weighted by atomic mass is 32.2. The van der Waals surface area contributed by atoms with Crippen molar-refractivity contribution in [3.8, 4) is 68.0 Å². The molecular formula is C48H58N6O5S2. The third-order valence-electron chi connectivity index (χ3n) is 10.3. The van der Waals surface area contributed by atoms with Crippen molar-refractivity contribution in [2.75, 3.05) is 59.6 Å². The second-order valence-electron chi connectivity index (χ2n) is 14.5. The van der Waals surface area contributed by atoms with E-state index in [-0.39, 0.29) is 6.03 Å². The van der Waals surface area contributed by atoms with Crippen LogP contribution in [0.2, 0.25) is 0 Å². The molecule has 0 aliphatic heterocycles. The highest BCUT2D eigenvalue weighted by Gasteiger charge is 2.18. The van der Waals surface area contributed by atoms with Gasteiger partial charge in [-0.1, -0.05) is 43.3 Å². The van der Waals surface area contributed by atoms with Crippen LogP contribution < -0.4 is 24.3 Å². The van der Waals surface area contributed by atoms with Crippen LogP contribution in [0.25, 0.3) is 45.0 Å². The molecule has 6 aromatic rings. The van der Waals surface area contributed by atoms with Crippen molar-refractivity contribution >= 4 is 29.6 Å². The van der Waals surface area contributed by atoms with Gasteiger partial charge < -0.3 is 39.1 Å². The summed E-state index contributed by atoms with van der Waals surface area (Å²) in [7, 11) is 6.69. The number of carbonyl (C=O) groups is 1. The molecule has 11 nitrogen and oxygen atoms in total. The van der Waals surface area contributed by atoms with Gasteiger partial charge in [-0.2, -0.15) is 0 Å². The minimum absolute atomic E-state index is 0.0333. The van der Waals surface area contributed by atoms with Gasteiger partial charge in [-0.15, -0.1) is 0 Å². The third-order valence-corrected chi connectivity index (χ3v) is 12.2. The summed E-state index contributed by atoms with van der Waals surface area (Å²) in [6.07, 6.45) is 6.92. The number of rotatable bonds is 24. The summed E-state index contributed by atoms with van der Waals surface area (Å²) in [5, 5.41) is 4.87. The van der Waals surface area contributed by atoms with Gasteiger partial charge >= 0.3 is 6.03 Å². The van der Waals surface area contributed by atoms with Crippen LogP contribution in [0.3, 0.4) is 0 Å². The fourth-order valence-electron chi connectivity index (χ4n) is 6.85. The topological polar surface area (TPSA) is 127 Å². The zero-order valence-electron chi connectivity index (χ0n) is 35.9. The minimum atomic E-state index is 0.0333. The summed E-state index contributed by atoms with van der Waals surface area (Å²) < 4.78 is 21.5. The van der Waals surface area contributed by atoms with Crippen LogP contribution in [-0.2, 0) is 0 Å². The smallest absolute Gasteiger partial charge is 0.317 e. The van der Waals surface area contributed by atoms with Gasteiger partial charge in [-0.25, -0.2) is 14.8 Å². The molecule has 0 aliphatic rings. The van der Waals surface area contributed by atoms with Gasteiger partial charge in [0.25, 0.3) is 0 Å². The quantitative estimate of drug-likeness (QED) is 0.0403. The average Bonchev–Trinajstić information content (AvgIpc) is 3.95. The van der Waals surface area contributed by atoms with E-state index in [1.807, 2.05) is 77.7 Å². The van der Waals surface area contributed by atoms with E-state index in [1.165, 1.54) is 0 Å². The van der Waals surface area contributed by atoms with Crippen molar-refractivity contribution in [3.63, 3.8) is 0 Å². The number of amides is 2. The molecule has 0 unspecified atom stereocenters. The molecule has 322 valence electrons. The van der Waals surface area contributed by atoms with Gasteiger partial charge in [0.1, 0.15) is 23.0 Å². The number of hydrogen-bond acceptors (Lipinski definition) is 9. The van der Waals surface area contributed by atoms with Crippen LogP contribution in [0.15, 0.2) is 107 Å². The molecule has 61 heavy (non-hydrogen) atoms. The van der Waals surface area contributed by atoms with Gasteiger partial charge in [0.05, 0.1) is 51.2 Å². The number of aromatic amines is 2. The number of thioether (sulfide) groups is 2. The minimum Gasteiger partial charge on any atom is -0.497 e. The fourth-order valence-corrected chi connectivity index (χ4v) is 8.59. The number of methoxy groups -OCH3 is 4. The molecule has 3 N–H and O–H groups in total. The van der Waals surface area contributed by atoms with Crippen LogP contribution in [0.4, 0.5) is 4.79 Å². The lowest BCUT2D eigenvalue weighted by Crippen LogP contribution is -2.41. The first-order valence-electron chi connectivity index (χ1n) is 21.0. The first kappa shape index (κ1) is 45.0. The number of H-pyrrole nitrogens is 2. The number of benzene rings is 4. The predicted molar refractivity (Wildman–Crippen MR) is 250 cm³/mol. The van der Waals surface area contributed by atoms with Crippen molar-refractivity contribution < 1.29 is 23.7 Å². The molecule has 0 spiro atoms. The van der Waals surface area contributed by atoms with Crippen molar-refractivity contribution in [1.29, 1.82) is 0 Å². The van der Waals surface area contributed by atoms with Crippen LogP contribution in [0.1, 0.15) is 51.9 Å². The molecule has 0 radical (unpaired) electrons. The lowest BCUT2D eigenvalue weighted by molar-refractivity contribution is 0.195. The van der Waals surface area contributed by atoms with E-state index in [1.54, 1.807) is 52.0 Å². The Kier molecular flexibility index (Phi) is 17.3. The van der Waals surface area contributed by atoms with Gasteiger partial charge in [0, 0.05) is 53.4 Å². The maximum absolute atomic E-state index is 13.1. The molecule has 2 aromatic heterocycles. The molecule has 2 heterocycles. The average molecular weight is 863 g/mol. The number of imidazole rings is 2. The standard InChI is InChI=1S/C48H58N6O5S2/c1-6-29-49-48(55)54(30-9-7-11-32-60-46-50-42(34-13-21-38(56-2)22-14-34)43(51-46)35-15-23-39(57-3)24-16-35)31-10-8-12-33-61-47-52-44(36-17-25-40(58-4)26-18-36)45(53-47)37-19-27-41(59-5)28-20-37/h13-28H,6-12,29-33H2,1-5H3,(H,49,55)(H,50,51)(H,52,53). The van der Waals surface area contributed by atoms with E-state index in [0.717, 1.165) is 148 Å². The first-order valence-corrected chi connectivity index (χ1v) is 23.0. The normalized spacial score (nSPS) is 11.0. The van der Waals surface area contributed by atoms with E-state index in [9.17, 15) is 4.79 Å². The highest BCUT2D eigenvalue weighted by molar-refractivity contribution is 7.99. The van der Waals surface area contributed by atoms with Gasteiger partial charge in [0.2, 0.25) is 0 Å². The summed E-state index contributed by atoms with van der Waals surface area (Å²) in [6, 6.07) is 32.1. The Hall–Kier alpha value is -5.53. The molecule has 4 aromatic carbocycles. The Balaban J connectivity index is 0.974. The van der Waals surface area contributed by atoms with E-state index in [0.29, 0.717) is 6.54 Å². The zero-order valence-corrected chi connectivity index (χ0v) is 37.6. The van der Waals surface area contributed by atoms with Gasteiger partial charge in [-0.05, 0) is 129 Å². The maximum Gasteiger partial charge on any atom is 0.317 e. The molecule has 13 heteroatoms. The Labute approximate surface area is 368 Å². The van der Waals surface area contributed by atoms with Crippen molar-refractivity contribution in [2.45, 2.75) is 62.2 Å². The second-order valence-corrected chi connectivity index (χ2v) is 16.6. The first-order chi connectivity index (χ1) is 29.9. The van der Waals surface area contributed by atoms with Crippen LogP contribution in [-0.4, -0.2) is 90.4 Å².